The van der Waals surface area contributed by atoms with Gasteiger partial charge in [-0.15, -0.1) is 0 Å². The van der Waals surface area contributed by atoms with E-state index in [0.717, 1.165) is 22.6 Å². The molecule has 0 spiro atoms. The number of thiocarbonyl (C=S) groups is 1. The Kier molecular flexibility index (Phi) is 5.18. The molecule has 3 aromatic heterocycles. The number of pyridine rings is 2. The second-order valence-electron chi connectivity index (χ2n) is 7.32. The predicted molar refractivity (Wildman–Crippen MR) is 119 cm³/mol. The van der Waals surface area contributed by atoms with E-state index < -0.39 is 0 Å². The van der Waals surface area contributed by atoms with Gasteiger partial charge in [-0.3, -0.25) is 9.97 Å². The van der Waals surface area contributed by atoms with Crippen molar-refractivity contribution >= 4 is 17.3 Å². The third-order valence-corrected chi connectivity index (χ3v) is 5.67. The number of aromatic nitrogens is 2. The van der Waals surface area contributed by atoms with Gasteiger partial charge >= 0.3 is 0 Å². The van der Waals surface area contributed by atoms with Gasteiger partial charge in [-0.25, -0.2) is 4.39 Å². The first-order valence-electron chi connectivity index (χ1n) is 9.92. The Labute approximate surface area is 184 Å². The van der Waals surface area contributed by atoms with Crippen LogP contribution in [-0.2, 0) is 6.54 Å². The maximum absolute atomic E-state index is 13.3. The van der Waals surface area contributed by atoms with Gasteiger partial charge in [0.25, 0.3) is 0 Å². The quantitative estimate of drug-likeness (QED) is 0.447. The number of furan rings is 1. The zero-order chi connectivity index (χ0) is 21.2. The molecule has 0 radical (unpaired) electrons. The van der Waals surface area contributed by atoms with E-state index in [9.17, 15) is 4.39 Å². The maximum atomic E-state index is 13.3. The standard InChI is InChI=1S/C24H19FN4OS/c25-18-8-6-17(7-9-18)20-10-11-21(30-20)23-22(19-5-1-2-13-27-19)28-24(31)29(23)15-16-4-3-12-26-14-16/h1-14,22-23H,15H2,(H,28,31)/t22-,23-/m0/s1. The molecule has 5 nitrogen and oxygen atoms in total. The summed E-state index contributed by atoms with van der Waals surface area (Å²) in [5.41, 5.74) is 2.74. The van der Waals surface area contributed by atoms with E-state index in [1.165, 1.54) is 12.1 Å². The summed E-state index contributed by atoms with van der Waals surface area (Å²) in [5, 5.41) is 4.04. The lowest BCUT2D eigenvalue weighted by Crippen LogP contribution is -2.29. The Hall–Kier alpha value is -3.58. The molecular formula is C24H19FN4OS. The van der Waals surface area contributed by atoms with Gasteiger partial charge in [0, 0.05) is 30.7 Å². The van der Waals surface area contributed by atoms with Crippen molar-refractivity contribution in [3.63, 3.8) is 0 Å². The highest BCUT2D eigenvalue weighted by molar-refractivity contribution is 7.80. The van der Waals surface area contributed by atoms with E-state index in [0.29, 0.717) is 17.4 Å². The first-order valence-corrected chi connectivity index (χ1v) is 10.3. The van der Waals surface area contributed by atoms with Gasteiger partial charge in [0.15, 0.2) is 5.11 Å². The molecule has 154 valence electrons. The molecule has 1 saturated heterocycles. The summed E-state index contributed by atoms with van der Waals surface area (Å²) in [6.45, 7) is 0.584. The van der Waals surface area contributed by atoms with E-state index in [2.05, 4.69) is 20.2 Å². The van der Waals surface area contributed by atoms with Crippen LogP contribution >= 0.6 is 12.2 Å². The minimum atomic E-state index is -0.279. The highest BCUT2D eigenvalue weighted by atomic mass is 32.1. The van der Waals surface area contributed by atoms with Gasteiger partial charge < -0.3 is 14.6 Å². The molecule has 0 aliphatic carbocycles. The zero-order valence-electron chi connectivity index (χ0n) is 16.5. The summed E-state index contributed by atoms with van der Waals surface area (Å²) in [6.07, 6.45) is 5.35. The fraction of sp³-hybridized carbons (Fsp3) is 0.125. The normalized spacial score (nSPS) is 18.2. The molecule has 7 heteroatoms. The number of halogens is 1. The maximum Gasteiger partial charge on any atom is 0.170 e. The van der Waals surface area contributed by atoms with Crippen molar-refractivity contribution < 1.29 is 8.81 Å². The predicted octanol–water partition coefficient (Wildman–Crippen LogP) is 5.05. The fourth-order valence-corrected chi connectivity index (χ4v) is 4.16. The van der Waals surface area contributed by atoms with Crippen LogP contribution in [0.5, 0.6) is 0 Å². The van der Waals surface area contributed by atoms with Crippen molar-refractivity contribution in [1.29, 1.82) is 0 Å². The van der Waals surface area contributed by atoms with Crippen molar-refractivity contribution in [3.8, 4) is 11.3 Å². The molecule has 0 saturated carbocycles. The lowest BCUT2D eigenvalue weighted by Gasteiger charge is -2.26. The molecule has 1 aliphatic rings. The zero-order valence-corrected chi connectivity index (χ0v) is 17.3. The fourth-order valence-electron chi connectivity index (χ4n) is 3.85. The smallest absolute Gasteiger partial charge is 0.170 e. The van der Waals surface area contributed by atoms with Crippen molar-refractivity contribution in [1.82, 2.24) is 20.2 Å². The second kappa shape index (κ2) is 8.28. The number of nitrogens with one attached hydrogen (secondary N) is 1. The van der Waals surface area contributed by atoms with Crippen LogP contribution in [0.2, 0.25) is 0 Å². The van der Waals surface area contributed by atoms with Gasteiger partial charge in [-0.2, -0.15) is 0 Å². The number of hydrogen-bond acceptors (Lipinski definition) is 4. The molecule has 4 heterocycles. The minimum absolute atomic E-state index is 0.169. The summed E-state index contributed by atoms with van der Waals surface area (Å²) < 4.78 is 19.6. The largest absolute Gasteiger partial charge is 0.459 e. The Morgan fingerprint density at radius 2 is 1.87 bits per heavy atom. The summed E-state index contributed by atoms with van der Waals surface area (Å²) in [4.78, 5) is 10.9. The number of benzene rings is 1. The van der Waals surface area contributed by atoms with Crippen LogP contribution in [-0.4, -0.2) is 20.0 Å². The first-order chi connectivity index (χ1) is 15.2. The Bertz CT molecular complexity index is 1180. The van der Waals surface area contributed by atoms with Crippen LogP contribution in [0.4, 0.5) is 4.39 Å². The van der Waals surface area contributed by atoms with Gasteiger partial charge in [-0.1, -0.05) is 12.1 Å². The SMILES string of the molecule is Fc1ccc(-c2ccc([C@H]3[C@H](c4ccccn4)NC(=S)N3Cc3cccnc3)o2)cc1. The van der Waals surface area contributed by atoms with Crippen molar-refractivity contribution in [2.45, 2.75) is 18.6 Å². The van der Waals surface area contributed by atoms with E-state index in [-0.39, 0.29) is 17.9 Å². The minimum Gasteiger partial charge on any atom is -0.459 e. The lowest BCUT2D eigenvalue weighted by atomic mass is 10.0. The molecule has 1 aromatic carbocycles. The van der Waals surface area contributed by atoms with E-state index in [1.807, 2.05) is 48.7 Å². The summed E-state index contributed by atoms with van der Waals surface area (Å²) in [5.74, 6) is 1.15. The van der Waals surface area contributed by atoms with E-state index >= 15 is 0 Å². The van der Waals surface area contributed by atoms with Crippen molar-refractivity contribution in [2.75, 3.05) is 0 Å². The Morgan fingerprint density at radius 1 is 1.00 bits per heavy atom. The third kappa shape index (κ3) is 3.92. The number of nitrogens with zero attached hydrogens (tertiary/aromatic N) is 3. The Morgan fingerprint density at radius 3 is 2.61 bits per heavy atom. The monoisotopic (exact) mass is 430 g/mol. The first kappa shape index (κ1) is 19.4. The van der Waals surface area contributed by atoms with Gasteiger partial charge in [0.1, 0.15) is 23.4 Å². The Balaban J connectivity index is 1.53. The van der Waals surface area contributed by atoms with Gasteiger partial charge in [0.2, 0.25) is 0 Å². The van der Waals surface area contributed by atoms with Gasteiger partial charge in [-0.05, 0) is 72.4 Å². The van der Waals surface area contributed by atoms with E-state index in [4.69, 9.17) is 16.6 Å². The molecule has 0 unspecified atom stereocenters. The topological polar surface area (TPSA) is 54.2 Å². The van der Waals surface area contributed by atoms with Crippen LogP contribution in [0.3, 0.4) is 0 Å². The number of hydrogen-bond donors (Lipinski definition) is 1. The molecule has 4 aromatic rings. The molecule has 0 bridgehead atoms. The average Bonchev–Trinajstić information content (AvgIpc) is 3.41. The van der Waals surface area contributed by atoms with Crippen molar-refractivity contribution in [3.05, 3.63) is 108 Å². The molecule has 5 rings (SSSR count). The number of rotatable bonds is 5. The molecule has 0 amide bonds. The average molecular weight is 431 g/mol. The molecule has 1 aliphatic heterocycles. The molecule has 2 atom stereocenters. The van der Waals surface area contributed by atoms with Crippen LogP contribution in [0.1, 0.15) is 29.1 Å². The third-order valence-electron chi connectivity index (χ3n) is 5.32. The van der Waals surface area contributed by atoms with Crippen LogP contribution < -0.4 is 5.32 Å². The molecule has 1 fully saturated rings. The lowest BCUT2D eigenvalue weighted by molar-refractivity contribution is 0.269. The van der Waals surface area contributed by atoms with Gasteiger partial charge in [0.05, 0.1) is 11.7 Å². The molecular weight excluding hydrogens is 411 g/mol. The summed E-state index contributed by atoms with van der Waals surface area (Å²) in [6, 6.07) is 19.5. The second-order valence-corrected chi connectivity index (χ2v) is 7.71. The highest BCUT2D eigenvalue weighted by Crippen LogP contribution is 2.41. The van der Waals surface area contributed by atoms with E-state index in [1.54, 1.807) is 24.5 Å². The molecule has 1 N–H and O–H groups in total. The van der Waals surface area contributed by atoms with Crippen LogP contribution in [0.15, 0.2) is 89.7 Å². The van der Waals surface area contributed by atoms with Crippen LogP contribution in [0.25, 0.3) is 11.3 Å². The summed E-state index contributed by atoms with van der Waals surface area (Å²) >= 11 is 5.69. The summed E-state index contributed by atoms with van der Waals surface area (Å²) in [7, 11) is 0. The van der Waals surface area contributed by atoms with Crippen molar-refractivity contribution in [2.24, 2.45) is 0 Å². The highest BCUT2D eigenvalue weighted by Gasteiger charge is 2.41. The molecule has 31 heavy (non-hydrogen) atoms. The van der Waals surface area contributed by atoms with Crippen LogP contribution in [0, 0.1) is 5.82 Å².